The van der Waals surface area contributed by atoms with E-state index in [9.17, 15) is 9.59 Å². The molecule has 20 heavy (non-hydrogen) atoms. The highest BCUT2D eigenvalue weighted by molar-refractivity contribution is 6.39. The molecule has 1 aromatic carbocycles. The van der Waals surface area contributed by atoms with E-state index in [-0.39, 0.29) is 0 Å². The van der Waals surface area contributed by atoms with Crippen LogP contribution in [0.15, 0.2) is 24.5 Å². The maximum absolute atomic E-state index is 12.0. The molecule has 0 radical (unpaired) electrons. The standard InChI is InChI=1S/C13H15N5O2/c19-12(13(20)18-5-3-14-4-6-18)17-9-1-2-10-11(7-9)16-8-15-10/h1-2,7-8,14H,3-6H2,(H,15,16)(H,17,19). The van der Waals surface area contributed by atoms with E-state index in [0.29, 0.717) is 18.8 Å². The number of carbonyl (C=O) groups is 2. The zero-order valence-corrected chi connectivity index (χ0v) is 10.8. The first kappa shape index (κ1) is 12.6. The molecule has 7 heteroatoms. The van der Waals surface area contributed by atoms with E-state index in [2.05, 4.69) is 20.6 Å². The van der Waals surface area contributed by atoms with Crippen molar-refractivity contribution in [2.75, 3.05) is 31.5 Å². The highest BCUT2D eigenvalue weighted by atomic mass is 16.2. The lowest BCUT2D eigenvalue weighted by atomic mass is 10.2. The summed E-state index contributed by atoms with van der Waals surface area (Å²) in [6, 6.07) is 5.27. The van der Waals surface area contributed by atoms with Crippen LogP contribution in [0.25, 0.3) is 11.0 Å². The van der Waals surface area contributed by atoms with Gasteiger partial charge in [0.2, 0.25) is 0 Å². The second-order valence-corrected chi connectivity index (χ2v) is 4.63. The number of H-pyrrole nitrogens is 1. The quantitative estimate of drug-likeness (QED) is 0.635. The van der Waals surface area contributed by atoms with Gasteiger partial charge in [0, 0.05) is 31.9 Å². The number of benzene rings is 1. The van der Waals surface area contributed by atoms with Gasteiger partial charge in [-0.25, -0.2) is 4.98 Å². The number of piperazine rings is 1. The molecule has 1 saturated heterocycles. The maximum Gasteiger partial charge on any atom is 0.313 e. The Labute approximate surface area is 115 Å². The lowest BCUT2D eigenvalue weighted by Crippen LogP contribution is -2.49. The molecule has 1 fully saturated rings. The van der Waals surface area contributed by atoms with Gasteiger partial charge in [-0.15, -0.1) is 0 Å². The second-order valence-electron chi connectivity index (χ2n) is 4.63. The van der Waals surface area contributed by atoms with E-state index in [1.807, 2.05) is 0 Å². The van der Waals surface area contributed by atoms with Crippen LogP contribution in [0.5, 0.6) is 0 Å². The van der Waals surface area contributed by atoms with E-state index in [1.165, 1.54) is 0 Å². The van der Waals surface area contributed by atoms with Gasteiger partial charge in [-0.1, -0.05) is 0 Å². The molecule has 3 rings (SSSR count). The number of imidazole rings is 1. The summed E-state index contributed by atoms with van der Waals surface area (Å²) in [5.41, 5.74) is 2.21. The van der Waals surface area contributed by atoms with Gasteiger partial charge in [0.05, 0.1) is 17.4 Å². The summed E-state index contributed by atoms with van der Waals surface area (Å²) in [6.45, 7) is 2.57. The summed E-state index contributed by atoms with van der Waals surface area (Å²) in [5, 5.41) is 5.76. The molecule has 2 amide bonds. The minimum Gasteiger partial charge on any atom is -0.345 e. The van der Waals surface area contributed by atoms with Crippen LogP contribution in [0.1, 0.15) is 0 Å². The highest BCUT2D eigenvalue weighted by Gasteiger charge is 2.23. The predicted molar refractivity (Wildman–Crippen MR) is 74.2 cm³/mol. The number of fused-ring (bicyclic) bond motifs is 1. The van der Waals surface area contributed by atoms with Crippen molar-refractivity contribution in [2.24, 2.45) is 0 Å². The average molecular weight is 273 g/mol. The largest absolute Gasteiger partial charge is 0.345 e. The molecule has 104 valence electrons. The Kier molecular flexibility index (Phi) is 3.34. The van der Waals surface area contributed by atoms with Crippen LogP contribution in [0, 0.1) is 0 Å². The Hall–Kier alpha value is -2.41. The first-order valence-corrected chi connectivity index (χ1v) is 6.48. The van der Waals surface area contributed by atoms with Crippen molar-refractivity contribution in [3.8, 4) is 0 Å². The molecule has 7 nitrogen and oxygen atoms in total. The normalized spacial score (nSPS) is 15.3. The summed E-state index contributed by atoms with van der Waals surface area (Å²) < 4.78 is 0. The minimum absolute atomic E-state index is 0.490. The molecule has 0 unspecified atom stereocenters. The van der Waals surface area contributed by atoms with Crippen molar-refractivity contribution in [1.82, 2.24) is 20.2 Å². The number of aromatic amines is 1. The lowest BCUT2D eigenvalue weighted by molar-refractivity contribution is -0.143. The molecule has 0 spiro atoms. The Bertz CT molecular complexity index is 645. The minimum atomic E-state index is -0.606. The van der Waals surface area contributed by atoms with E-state index < -0.39 is 11.8 Å². The van der Waals surface area contributed by atoms with Gasteiger partial charge >= 0.3 is 11.8 Å². The van der Waals surface area contributed by atoms with Crippen molar-refractivity contribution >= 4 is 28.5 Å². The van der Waals surface area contributed by atoms with Crippen molar-refractivity contribution in [2.45, 2.75) is 0 Å². The van der Waals surface area contributed by atoms with Gasteiger partial charge in [-0.05, 0) is 18.2 Å². The fourth-order valence-corrected chi connectivity index (χ4v) is 2.21. The van der Waals surface area contributed by atoms with E-state index >= 15 is 0 Å². The van der Waals surface area contributed by atoms with Crippen LogP contribution < -0.4 is 10.6 Å². The number of nitrogens with one attached hydrogen (secondary N) is 3. The third-order valence-electron chi connectivity index (χ3n) is 3.28. The fraction of sp³-hybridized carbons (Fsp3) is 0.308. The first-order chi connectivity index (χ1) is 9.74. The third kappa shape index (κ3) is 2.48. The Balaban J connectivity index is 1.69. The van der Waals surface area contributed by atoms with E-state index in [1.54, 1.807) is 29.4 Å². The Morgan fingerprint density at radius 3 is 2.85 bits per heavy atom. The summed E-state index contributed by atoms with van der Waals surface area (Å²) >= 11 is 0. The van der Waals surface area contributed by atoms with E-state index in [4.69, 9.17) is 0 Å². The van der Waals surface area contributed by atoms with Crippen molar-refractivity contribution < 1.29 is 9.59 Å². The molecule has 3 N–H and O–H groups in total. The van der Waals surface area contributed by atoms with Crippen molar-refractivity contribution in [1.29, 1.82) is 0 Å². The predicted octanol–water partition coefficient (Wildman–Crippen LogP) is -0.0668. The molecule has 0 bridgehead atoms. The van der Waals surface area contributed by atoms with Gasteiger partial charge in [-0.3, -0.25) is 9.59 Å². The van der Waals surface area contributed by atoms with Gasteiger partial charge in [0.25, 0.3) is 0 Å². The number of amides is 2. The molecule has 2 aromatic rings. The number of hydrogen-bond donors (Lipinski definition) is 3. The van der Waals surface area contributed by atoms with Gasteiger partial charge in [-0.2, -0.15) is 0 Å². The van der Waals surface area contributed by atoms with Crippen LogP contribution in [-0.4, -0.2) is 52.9 Å². The molecular weight excluding hydrogens is 258 g/mol. The number of anilines is 1. The zero-order valence-electron chi connectivity index (χ0n) is 10.8. The molecule has 2 heterocycles. The smallest absolute Gasteiger partial charge is 0.313 e. The van der Waals surface area contributed by atoms with Gasteiger partial charge in [0.1, 0.15) is 0 Å². The molecule has 1 aliphatic heterocycles. The van der Waals surface area contributed by atoms with E-state index in [0.717, 1.165) is 24.1 Å². The van der Waals surface area contributed by atoms with Crippen LogP contribution in [0.4, 0.5) is 5.69 Å². The lowest BCUT2D eigenvalue weighted by Gasteiger charge is -2.26. The number of carbonyl (C=O) groups excluding carboxylic acids is 2. The summed E-state index contributed by atoms with van der Waals surface area (Å²) in [6.07, 6.45) is 1.59. The SMILES string of the molecule is O=C(Nc1ccc2nc[nH]c2c1)C(=O)N1CCNCC1. The monoisotopic (exact) mass is 273 g/mol. The number of nitrogens with zero attached hydrogens (tertiary/aromatic N) is 2. The number of aromatic nitrogens is 2. The fourth-order valence-electron chi connectivity index (χ4n) is 2.21. The molecule has 1 aliphatic rings. The Morgan fingerprint density at radius 1 is 1.25 bits per heavy atom. The maximum atomic E-state index is 12.0. The zero-order chi connectivity index (χ0) is 13.9. The summed E-state index contributed by atoms with van der Waals surface area (Å²) in [5.74, 6) is -1.10. The van der Waals surface area contributed by atoms with Crippen molar-refractivity contribution in [3.05, 3.63) is 24.5 Å². The van der Waals surface area contributed by atoms with Gasteiger partial charge < -0.3 is 20.5 Å². The highest BCUT2D eigenvalue weighted by Crippen LogP contribution is 2.15. The molecule has 0 atom stereocenters. The van der Waals surface area contributed by atoms with Crippen LogP contribution >= 0.6 is 0 Å². The van der Waals surface area contributed by atoms with Crippen LogP contribution in [0.3, 0.4) is 0 Å². The topological polar surface area (TPSA) is 90.1 Å². The van der Waals surface area contributed by atoms with Crippen LogP contribution in [0.2, 0.25) is 0 Å². The van der Waals surface area contributed by atoms with Crippen molar-refractivity contribution in [3.63, 3.8) is 0 Å². The second kappa shape index (κ2) is 5.30. The van der Waals surface area contributed by atoms with Gasteiger partial charge in [0.15, 0.2) is 0 Å². The molecule has 0 saturated carbocycles. The number of hydrogen-bond acceptors (Lipinski definition) is 4. The molecular formula is C13H15N5O2. The molecule has 1 aromatic heterocycles. The van der Waals surface area contributed by atoms with Crippen LogP contribution in [-0.2, 0) is 9.59 Å². The summed E-state index contributed by atoms with van der Waals surface area (Å²) in [7, 11) is 0. The number of rotatable bonds is 1. The third-order valence-corrected chi connectivity index (χ3v) is 3.28. The first-order valence-electron chi connectivity index (χ1n) is 6.48. The average Bonchev–Trinajstić information content (AvgIpc) is 2.95. The Morgan fingerprint density at radius 2 is 2.05 bits per heavy atom. The summed E-state index contributed by atoms with van der Waals surface area (Å²) in [4.78, 5) is 32.5. The molecule has 0 aliphatic carbocycles.